The maximum Gasteiger partial charge on any atom is 0.330 e. The second kappa shape index (κ2) is 9.60. The molecule has 3 atom stereocenters. The van der Waals surface area contributed by atoms with Gasteiger partial charge < -0.3 is 19.7 Å². The molecule has 0 aliphatic carbocycles. The molecule has 2 saturated heterocycles. The van der Waals surface area contributed by atoms with E-state index in [2.05, 4.69) is 5.32 Å². The van der Waals surface area contributed by atoms with E-state index in [0.717, 1.165) is 5.56 Å². The van der Waals surface area contributed by atoms with Crippen LogP contribution in [0.25, 0.3) is 0 Å². The number of fused-ring (bicyclic) bond motifs is 1. The molecule has 2 heterocycles. The molecule has 0 saturated carbocycles. The van der Waals surface area contributed by atoms with Gasteiger partial charge in [-0.15, -0.1) is 11.8 Å². The first-order valence-electron chi connectivity index (χ1n) is 10.2. The van der Waals surface area contributed by atoms with Gasteiger partial charge in [0.2, 0.25) is 5.91 Å². The van der Waals surface area contributed by atoms with Gasteiger partial charge in [0.15, 0.2) is 6.61 Å². The number of carbonyl (C=O) groups excluding carboxylic acids is 3. The molecule has 3 rings (SSSR count). The van der Waals surface area contributed by atoms with Crippen LogP contribution in [0.2, 0.25) is 0 Å². The topological polar surface area (TPSA) is 84.9 Å². The van der Waals surface area contributed by atoms with Crippen LogP contribution in [0.3, 0.4) is 0 Å². The minimum absolute atomic E-state index is 0.154. The summed E-state index contributed by atoms with van der Waals surface area (Å²) in [5.74, 6) is -0.485. The van der Waals surface area contributed by atoms with E-state index in [4.69, 9.17) is 9.47 Å². The Kier molecular flexibility index (Phi) is 7.10. The van der Waals surface area contributed by atoms with Gasteiger partial charge in [-0.1, -0.05) is 42.5 Å². The first kappa shape index (κ1) is 22.9. The second-order valence-electron chi connectivity index (χ2n) is 7.99. The molecular formula is C23H28N2O5S. The highest BCUT2D eigenvalue weighted by Crippen LogP contribution is 2.51. The first-order valence-corrected chi connectivity index (χ1v) is 11.0. The van der Waals surface area contributed by atoms with Gasteiger partial charge in [-0.05, 0) is 39.3 Å². The van der Waals surface area contributed by atoms with E-state index in [9.17, 15) is 14.4 Å². The third kappa shape index (κ3) is 5.12. The number of β-lactam (4-membered cyclic amide) rings is 1. The number of thioether (sulfide) groups is 1. The summed E-state index contributed by atoms with van der Waals surface area (Å²) in [6.45, 7) is 7.44. The molecule has 0 aromatic heterocycles. The average Bonchev–Trinajstić information content (AvgIpc) is 3.01. The summed E-state index contributed by atoms with van der Waals surface area (Å²) in [5.41, 5.74) is 0.884. The highest BCUT2D eigenvalue weighted by molar-refractivity contribution is 8.01. The van der Waals surface area contributed by atoms with Crippen molar-refractivity contribution in [1.82, 2.24) is 10.2 Å². The number of nitrogens with zero attached hydrogens (tertiary/aromatic N) is 1. The van der Waals surface area contributed by atoms with Gasteiger partial charge >= 0.3 is 5.97 Å². The minimum Gasteiger partial charge on any atom is -0.488 e. The molecule has 0 spiro atoms. The summed E-state index contributed by atoms with van der Waals surface area (Å²) in [7, 11) is 0. The van der Waals surface area contributed by atoms with Crippen LogP contribution >= 0.6 is 11.8 Å². The van der Waals surface area contributed by atoms with Crippen LogP contribution in [-0.2, 0) is 30.5 Å². The smallest absolute Gasteiger partial charge is 0.330 e. The first-order chi connectivity index (χ1) is 14.7. The summed E-state index contributed by atoms with van der Waals surface area (Å²) in [6, 6.07) is 8.03. The van der Waals surface area contributed by atoms with Crippen molar-refractivity contribution < 1.29 is 23.9 Å². The van der Waals surface area contributed by atoms with Crippen LogP contribution in [-0.4, -0.2) is 51.5 Å². The van der Waals surface area contributed by atoms with Gasteiger partial charge in [-0.2, -0.15) is 0 Å². The predicted octanol–water partition coefficient (Wildman–Crippen LogP) is 2.77. The maximum atomic E-state index is 12.8. The number of rotatable bonds is 8. The molecule has 0 bridgehead atoms. The average molecular weight is 445 g/mol. The Balaban J connectivity index is 1.57. The molecular weight excluding hydrogens is 416 g/mol. The van der Waals surface area contributed by atoms with E-state index in [1.54, 1.807) is 13.0 Å². The standard InChI is InChI=1S/C23H28N2O5S/c1-5-6-10-15(2)29-14-17(26)24-18-20(27)25-19(23(3,4)31-21(18)25)22(28)30-13-16-11-8-7-9-12-16/h5-12,18-19,21H,13-14H2,1-4H3,(H,24,26). The normalized spacial score (nSPS) is 24.5. The van der Waals surface area contributed by atoms with Crippen molar-refractivity contribution in [3.63, 3.8) is 0 Å². The highest BCUT2D eigenvalue weighted by atomic mass is 32.2. The Morgan fingerprint density at radius 3 is 2.61 bits per heavy atom. The van der Waals surface area contributed by atoms with E-state index in [0.29, 0.717) is 5.76 Å². The Hall–Kier alpha value is -2.74. The molecule has 7 nitrogen and oxygen atoms in total. The van der Waals surface area contributed by atoms with Gasteiger partial charge in [0.1, 0.15) is 24.1 Å². The number of allylic oxidation sites excluding steroid dienone is 4. The van der Waals surface area contributed by atoms with Gasteiger partial charge in [0, 0.05) is 4.75 Å². The number of hydrogen-bond donors (Lipinski definition) is 1. The van der Waals surface area contributed by atoms with Gasteiger partial charge in [-0.3, -0.25) is 9.59 Å². The molecule has 1 aromatic carbocycles. The van der Waals surface area contributed by atoms with Crippen LogP contribution < -0.4 is 5.32 Å². The summed E-state index contributed by atoms with van der Waals surface area (Å²) in [5, 5.41) is 2.43. The summed E-state index contributed by atoms with van der Waals surface area (Å²) in [4.78, 5) is 39.3. The predicted molar refractivity (Wildman–Crippen MR) is 119 cm³/mol. The molecule has 2 amide bonds. The SMILES string of the molecule is CC=CC=C(C)OCC(=O)NC1C(=O)N2C1SC(C)(C)C2C(=O)OCc1ccccc1. The third-order valence-electron chi connectivity index (χ3n) is 5.16. The number of nitrogens with one attached hydrogen (secondary N) is 1. The van der Waals surface area contributed by atoms with Crippen molar-refractivity contribution in [2.24, 2.45) is 0 Å². The van der Waals surface area contributed by atoms with Crippen molar-refractivity contribution >= 4 is 29.5 Å². The monoisotopic (exact) mass is 444 g/mol. The molecule has 8 heteroatoms. The van der Waals surface area contributed by atoms with E-state index in [1.807, 2.05) is 63.3 Å². The molecule has 2 aliphatic rings. The molecule has 2 aliphatic heterocycles. The molecule has 2 fully saturated rings. The summed E-state index contributed by atoms with van der Waals surface area (Å²) in [6.07, 6.45) is 5.42. The number of esters is 1. The molecule has 0 radical (unpaired) electrons. The number of benzene rings is 1. The zero-order chi connectivity index (χ0) is 22.6. The lowest BCUT2D eigenvalue weighted by molar-refractivity contribution is -0.165. The Morgan fingerprint density at radius 1 is 1.23 bits per heavy atom. The highest BCUT2D eigenvalue weighted by Gasteiger charge is 2.64. The molecule has 3 unspecified atom stereocenters. The van der Waals surface area contributed by atoms with Crippen molar-refractivity contribution in [1.29, 1.82) is 0 Å². The van der Waals surface area contributed by atoms with Crippen molar-refractivity contribution in [3.05, 3.63) is 59.9 Å². The largest absolute Gasteiger partial charge is 0.488 e. The van der Waals surface area contributed by atoms with E-state index in [1.165, 1.54) is 16.7 Å². The fourth-order valence-electron chi connectivity index (χ4n) is 3.61. The molecule has 166 valence electrons. The van der Waals surface area contributed by atoms with Crippen LogP contribution in [0.1, 0.15) is 33.3 Å². The second-order valence-corrected chi connectivity index (χ2v) is 9.76. The van der Waals surface area contributed by atoms with Crippen LogP contribution in [0.15, 0.2) is 54.3 Å². The fourth-order valence-corrected chi connectivity index (χ4v) is 5.23. The van der Waals surface area contributed by atoms with E-state index < -0.39 is 22.8 Å². The number of amides is 2. The van der Waals surface area contributed by atoms with Gasteiger partial charge in [0.05, 0.1) is 5.76 Å². The zero-order valence-corrected chi connectivity index (χ0v) is 19.0. The summed E-state index contributed by atoms with van der Waals surface area (Å²) < 4.78 is 10.4. The lowest BCUT2D eigenvalue weighted by Crippen LogP contribution is -2.71. The lowest BCUT2D eigenvalue weighted by Gasteiger charge is -2.43. The molecule has 31 heavy (non-hydrogen) atoms. The lowest BCUT2D eigenvalue weighted by atomic mass is 9.96. The minimum atomic E-state index is -0.700. The van der Waals surface area contributed by atoms with Crippen LogP contribution in [0, 0.1) is 0 Å². The molecule has 1 aromatic rings. The van der Waals surface area contributed by atoms with E-state index >= 15 is 0 Å². The zero-order valence-electron chi connectivity index (χ0n) is 18.2. The van der Waals surface area contributed by atoms with Crippen molar-refractivity contribution in [2.45, 2.75) is 56.5 Å². The quantitative estimate of drug-likeness (QED) is 0.287. The van der Waals surface area contributed by atoms with E-state index in [-0.39, 0.29) is 30.4 Å². The van der Waals surface area contributed by atoms with Crippen molar-refractivity contribution in [3.8, 4) is 0 Å². The van der Waals surface area contributed by atoms with Crippen molar-refractivity contribution in [2.75, 3.05) is 6.61 Å². The molecule has 1 N–H and O–H groups in total. The maximum absolute atomic E-state index is 12.8. The van der Waals surface area contributed by atoms with Gasteiger partial charge in [0.25, 0.3) is 5.91 Å². The fraction of sp³-hybridized carbons (Fsp3) is 0.435. The third-order valence-corrected chi connectivity index (χ3v) is 6.73. The Bertz CT molecular complexity index is 896. The Morgan fingerprint density at radius 2 is 1.94 bits per heavy atom. The van der Waals surface area contributed by atoms with Crippen LogP contribution in [0.5, 0.6) is 0 Å². The van der Waals surface area contributed by atoms with Gasteiger partial charge in [-0.25, -0.2) is 4.79 Å². The number of ether oxygens (including phenoxy) is 2. The summed E-state index contributed by atoms with van der Waals surface area (Å²) >= 11 is 1.49. The Labute approximate surface area is 186 Å². The van der Waals surface area contributed by atoms with Crippen LogP contribution in [0.4, 0.5) is 0 Å². The number of hydrogen-bond acceptors (Lipinski definition) is 6. The number of carbonyl (C=O) groups is 3.